The highest BCUT2D eigenvalue weighted by Crippen LogP contribution is 2.47. The van der Waals surface area contributed by atoms with Crippen molar-refractivity contribution in [2.75, 3.05) is 52.4 Å². The number of cyclic esters (lactones) is 1. The first kappa shape index (κ1) is 20.7. The average molecular weight is 444 g/mol. The molecule has 1 amide bonds. The number of hydrogen-bond donors (Lipinski definition) is 0. The molecule has 1 aliphatic carbocycles. The number of amides is 1. The average Bonchev–Trinajstić information content (AvgIpc) is 3.36. The summed E-state index contributed by atoms with van der Waals surface area (Å²) >= 11 is 6.34. The van der Waals surface area contributed by atoms with E-state index in [9.17, 15) is 9.18 Å². The van der Waals surface area contributed by atoms with Gasteiger partial charge in [0.25, 0.3) is 0 Å². The molecule has 2 aromatic rings. The minimum absolute atomic E-state index is 0.188. The second kappa shape index (κ2) is 8.77. The minimum atomic E-state index is -0.206. The smallest absolute Gasteiger partial charge is 0.409 e. The summed E-state index contributed by atoms with van der Waals surface area (Å²) in [5.41, 5.74) is 3.75. The van der Waals surface area contributed by atoms with E-state index in [2.05, 4.69) is 21.9 Å². The number of benzene rings is 2. The van der Waals surface area contributed by atoms with E-state index in [4.69, 9.17) is 16.3 Å². The van der Waals surface area contributed by atoms with Crippen LogP contribution in [0.3, 0.4) is 0 Å². The maximum absolute atomic E-state index is 13.5. The molecule has 5 rings (SSSR count). The van der Waals surface area contributed by atoms with E-state index in [1.54, 1.807) is 17.0 Å². The van der Waals surface area contributed by atoms with Crippen molar-refractivity contribution in [2.24, 2.45) is 0 Å². The third-order valence-corrected chi connectivity index (χ3v) is 7.13. The molecule has 0 bridgehead atoms. The van der Waals surface area contributed by atoms with Gasteiger partial charge in [0.15, 0.2) is 0 Å². The largest absolute Gasteiger partial charge is 0.448 e. The fraction of sp³-hybridized carbons (Fsp3) is 0.458. The number of ether oxygens (including phenoxy) is 1. The maximum atomic E-state index is 13.5. The number of piperazine rings is 1. The summed E-state index contributed by atoms with van der Waals surface area (Å²) < 4.78 is 18.5. The van der Waals surface area contributed by atoms with Gasteiger partial charge in [0.1, 0.15) is 12.4 Å². The second-order valence-corrected chi connectivity index (χ2v) is 9.04. The predicted octanol–water partition coefficient (Wildman–Crippen LogP) is 4.13. The van der Waals surface area contributed by atoms with Gasteiger partial charge >= 0.3 is 6.09 Å². The van der Waals surface area contributed by atoms with E-state index in [1.165, 1.54) is 11.1 Å². The summed E-state index contributed by atoms with van der Waals surface area (Å²) in [6.45, 7) is 6.79. The zero-order valence-electron chi connectivity index (χ0n) is 17.5. The molecule has 0 N–H and O–H groups in total. The zero-order chi connectivity index (χ0) is 21.4. The standard InChI is InChI=1S/C24H27ClFN3O2/c25-18-3-6-20-22(15-18)21(17-1-4-19(26)5-2-17)16-23(20)28-10-7-27(8-11-28)9-12-29-13-14-31-24(29)30/h1-6,15,21,23H,7-14,16H2. The van der Waals surface area contributed by atoms with Crippen LogP contribution in [0.2, 0.25) is 5.02 Å². The third-order valence-electron chi connectivity index (χ3n) is 6.89. The number of hydrogen-bond acceptors (Lipinski definition) is 4. The van der Waals surface area contributed by atoms with Gasteiger partial charge in [-0.1, -0.05) is 29.8 Å². The van der Waals surface area contributed by atoms with Gasteiger partial charge in [-0.25, -0.2) is 9.18 Å². The summed E-state index contributed by atoms with van der Waals surface area (Å²) in [5.74, 6) is 0.0291. The van der Waals surface area contributed by atoms with Gasteiger partial charge in [-0.05, 0) is 47.4 Å². The Kier molecular flexibility index (Phi) is 5.87. The topological polar surface area (TPSA) is 36.0 Å². The number of carbonyl (C=O) groups excluding carboxylic acids is 1. The molecule has 2 aliphatic heterocycles. The van der Waals surface area contributed by atoms with Crippen molar-refractivity contribution in [1.29, 1.82) is 0 Å². The normalized spacial score (nSPS) is 24.5. The molecule has 0 aromatic heterocycles. The molecule has 2 atom stereocenters. The molecule has 2 saturated heterocycles. The van der Waals surface area contributed by atoms with E-state index in [0.717, 1.165) is 56.3 Å². The van der Waals surface area contributed by atoms with E-state index in [1.807, 2.05) is 18.2 Å². The van der Waals surface area contributed by atoms with Crippen LogP contribution in [0.1, 0.15) is 35.1 Å². The lowest BCUT2D eigenvalue weighted by Crippen LogP contribution is -2.49. The lowest BCUT2D eigenvalue weighted by Gasteiger charge is -2.38. The Bertz CT molecular complexity index is 946. The molecular formula is C24H27ClFN3O2. The summed E-state index contributed by atoms with van der Waals surface area (Å²) in [5, 5.41) is 0.747. The monoisotopic (exact) mass is 443 g/mol. The van der Waals surface area contributed by atoms with Crippen LogP contribution in [-0.2, 0) is 4.74 Å². The van der Waals surface area contributed by atoms with Crippen LogP contribution in [0.15, 0.2) is 42.5 Å². The van der Waals surface area contributed by atoms with Crippen LogP contribution in [0.25, 0.3) is 0 Å². The van der Waals surface area contributed by atoms with Crippen molar-refractivity contribution in [3.63, 3.8) is 0 Å². The highest BCUT2D eigenvalue weighted by atomic mass is 35.5. The van der Waals surface area contributed by atoms with E-state index >= 15 is 0 Å². The fourth-order valence-corrected chi connectivity index (χ4v) is 5.35. The predicted molar refractivity (Wildman–Crippen MR) is 118 cm³/mol. The van der Waals surface area contributed by atoms with Crippen molar-refractivity contribution >= 4 is 17.7 Å². The molecule has 3 aliphatic rings. The van der Waals surface area contributed by atoms with Crippen LogP contribution in [0.5, 0.6) is 0 Å². The molecule has 31 heavy (non-hydrogen) atoms. The molecule has 0 saturated carbocycles. The van der Waals surface area contributed by atoms with E-state index < -0.39 is 0 Å². The molecule has 2 fully saturated rings. The lowest BCUT2D eigenvalue weighted by molar-refractivity contribution is 0.0893. The van der Waals surface area contributed by atoms with E-state index in [-0.39, 0.29) is 17.8 Å². The van der Waals surface area contributed by atoms with Crippen molar-refractivity contribution in [1.82, 2.24) is 14.7 Å². The molecule has 2 unspecified atom stereocenters. The van der Waals surface area contributed by atoms with Gasteiger partial charge in [0.05, 0.1) is 6.54 Å². The molecule has 2 aromatic carbocycles. The highest BCUT2D eigenvalue weighted by Gasteiger charge is 2.36. The summed E-state index contributed by atoms with van der Waals surface area (Å²) in [6, 6.07) is 13.4. The number of rotatable bonds is 5. The van der Waals surface area contributed by atoms with Crippen molar-refractivity contribution < 1.29 is 13.9 Å². The fourth-order valence-electron chi connectivity index (χ4n) is 5.17. The Morgan fingerprint density at radius 2 is 1.74 bits per heavy atom. The van der Waals surface area contributed by atoms with Crippen molar-refractivity contribution in [3.8, 4) is 0 Å². The van der Waals surface area contributed by atoms with Crippen LogP contribution in [0, 0.1) is 5.82 Å². The van der Waals surface area contributed by atoms with Crippen LogP contribution in [0.4, 0.5) is 9.18 Å². The Hall–Kier alpha value is -2.15. The van der Waals surface area contributed by atoms with Gasteiger partial charge in [-0.2, -0.15) is 0 Å². The Morgan fingerprint density at radius 1 is 0.968 bits per heavy atom. The van der Waals surface area contributed by atoms with Crippen LogP contribution < -0.4 is 0 Å². The first-order chi connectivity index (χ1) is 15.1. The van der Waals surface area contributed by atoms with Crippen molar-refractivity contribution in [3.05, 3.63) is 70.0 Å². The summed E-state index contributed by atoms with van der Waals surface area (Å²) in [4.78, 5) is 18.4. The molecule has 2 heterocycles. The Morgan fingerprint density at radius 3 is 2.45 bits per heavy atom. The quantitative estimate of drug-likeness (QED) is 0.696. The number of halogens is 2. The Balaban J connectivity index is 1.25. The third kappa shape index (κ3) is 4.29. The van der Waals surface area contributed by atoms with Gasteiger partial charge in [-0.3, -0.25) is 9.80 Å². The maximum Gasteiger partial charge on any atom is 0.409 e. The molecular weight excluding hydrogens is 417 g/mol. The zero-order valence-corrected chi connectivity index (χ0v) is 18.2. The van der Waals surface area contributed by atoms with Crippen LogP contribution in [-0.4, -0.2) is 73.2 Å². The summed E-state index contributed by atoms with van der Waals surface area (Å²) in [6.07, 6.45) is 0.799. The second-order valence-electron chi connectivity index (χ2n) is 8.61. The van der Waals surface area contributed by atoms with Gasteiger partial charge < -0.3 is 9.64 Å². The number of nitrogens with zero attached hydrogens (tertiary/aromatic N) is 3. The SMILES string of the molecule is O=C1OCCN1CCN1CCN(C2CC(c3ccc(F)cc3)c3cc(Cl)ccc32)CC1. The number of carbonyl (C=O) groups is 1. The minimum Gasteiger partial charge on any atom is -0.448 e. The summed E-state index contributed by atoms with van der Waals surface area (Å²) in [7, 11) is 0. The lowest BCUT2D eigenvalue weighted by atomic mass is 9.93. The highest BCUT2D eigenvalue weighted by molar-refractivity contribution is 6.30. The first-order valence-electron chi connectivity index (χ1n) is 11.0. The molecule has 164 valence electrons. The molecule has 0 radical (unpaired) electrons. The first-order valence-corrected chi connectivity index (χ1v) is 11.4. The number of fused-ring (bicyclic) bond motifs is 1. The molecule has 0 spiro atoms. The van der Waals surface area contributed by atoms with Crippen LogP contribution >= 0.6 is 11.6 Å². The van der Waals surface area contributed by atoms with Gasteiger partial charge in [0.2, 0.25) is 0 Å². The van der Waals surface area contributed by atoms with E-state index in [0.29, 0.717) is 19.2 Å². The Labute approximate surface area is 187 Å². The molecule has 5 nitrogen and oxygen atoms in total. The molecule has 7 heteroatoms. The van der Waals surface area contributed by atoms with Gasteiger partial charge in [0, 0.05) is 56.3 Å². The van der Waals surface area contributed by atoms with Crippen molar-refractivity contribution in [2.45, 2.75) is 18.4 Å². The van der Waals surface area contributed by atoms with Gasteiger partial charge in [-0.15, -0.1) is 0 Å².